The van der Waals surface area contributed by atoms with Crippen LogP contribution in [0, 0.1) is 0 Å². The predicted octanol–water partition coefficient (Wildman–Crippen LogP) is 5.34. The van der Waals surface area contributed by atoms with Crippen molar-refractivity contribution in [2.75, 3.05) is 11.9 Å². The van der Waals surface area contributed by atoms with Crippen molar-refractivity contribution in [1.82, 2.24) is 9.88 Å². The fourth-order valence-corrected chi connectivity index (χ4v) is 4.55. The summed E-state index contributed by atoms with van der Waals surface area (Å²) < 4.78 is 5.21. The monoisotopic (exact) mass is 449 g/mol. The molecule has 3 aromatic rings. The first-order valence-corrected chi connectivity index (χ1v) is 10.7. The quantitative estimate of drug-likeness (QED) is 0.582. The van der Waals surface area contributed by atoms with Crippen molar-refractivity contribution in [2.45, 2.75) is 25.3 Å². The van der Waals surface area contributed by atoms with Crippen LogP contribution in [0.1, 0.15) is 29.8 Å². The average Bonchev–Trinajstić information content (AvgIpc) is 3.40. The molecule has 0 bridgehead atoms. The first-order chi connectivity index (χ1) is 14.0. The van der Waals surface area contributed by atoms with Crippen LogP contribution in [0.3, 0.4) is 0 Å². The minimum atomic E-state index is -0.562. The Hall–Kier alpha value is -2.35. The summed E-state index contributed by atoms with van der Waals surface area (Å²) in [6.07, 6.45) is 3.78. The molecule has 0 spiro atoms. The highest BCUT2D eigenvalue weighted by Crippen LogP contribution is 2.32. The van der Waals surface area contributed by atoms with E-state index in [0.717, 1.165) is 18.4 Å². The second kappa shape index (κ2) is 8.57. The standard InChI is InChI=1S/C20H17Cl2N3O3S/c21-12-6-7-13(14(22)10-12)15-11-29-20(23-15)24-18(26)16-4-1-2-8-25(16)19(27)17-5-3-9-28-17/h3,5-7,9-11,16H,1-2,4,8H2,(H,23,24,26). The van der Waals surface area contributed by atoms with Crippen molar-refractivity contribution in [3.05, 3.63) is 57.8 Å². The Balaban J connectivity index is 1.49. The molecular formula is C20H17Cl2N3O3S. The molecule has 9 heteroatoms. The summed E-state index contributed by atoms with van der Waals surface area (Å²) >= 11 is 13.5. The highest BCUT2D eigenvalue weighted by molar-refractivity contribution is 7.14. The fourth-order valence-electron chi connectivity index (χ4n) is 3.33. The number of amides is 2. The van der Waals surface area contributed by atoms with E-state index in [2.05, 4.69) is 10.3 Å². The van der Waals surface area contributed by atoms with Gasteiger partial charge in [-0.25, -0.2) is 4.98 Å². The Morgan fingerprint density at radius 2 is 2.10 bits per heavy atom. The molecule has 2 aromatic heterocycles. The van der Waals surface area contributed by atoms with Crippen LogP contribution in [0.2, 0.25) is 10.0 Å². The van der Waals surface area contributed by atoms with Gasteiger partial charge in [-0.05, 0) is 49.6 Å². The molecular weight excluding hydrogens is 433 g/mol. The van der Waals surface area contributed by atoms with Crippen LogP contribution in [-0.4, -0.2) is 34.3 Å². The lowest BCUT2D eigenvalue weighted by atomic mass is 10.0. The maximum atomic E-state index is 12.9. The van der Waals surface area contributed by atoms with Crippen LogP contribution in [0.25, 0.3) is 11.3 Å². The van der Waals surface area contributed by atoms with Crippen molar-refractivity contribution >= 4 is 51.5 Å². The molecule has 29 heavy (non-hydrogen) atoms. The SMILES string of the molecule is O=C(Nc1nc(-c2ccc(Cl)cc2Cl)cs1)C1CCCCN1C(=O)c1ccco1. The molecule has 1 N–H and O–H groups in total. The maximum Gasteiger partial charge on any atom is 0.290 e. The number of piperidine rings is 1. The molecule has 1 fully saturated rings. The number of hydrogen-bond acceptors (Lipinski definition) is 5. The lowest BCUT2D eigenvalue weighted by Gasteiger charge is -2.33. The van der Waals surface area contributed by atoms with E-state index in [9.17, 15) is 9.59 Å². The number of carbonyl (C=O) groups excluding carboxylic acids is 2. The van der Waals surface area contributed by atoms with Gasteiger partial charge in [-0.2, -0.15) is 0 Å². The third-order valence-corrected chi connectivity index (χ3v) is 6.05. The summed E-state index contributed by atoms with van der Waals surface area (Å²) in [6.45, 7) is 0.515. The van der Waals surface area contributed by atoms with Gasteiger partial charge in [-0.3, -0.25) is 9.59 Å². The topological polar surface area (TPSA) is 75.4 Å². The molecule has 1 atom stereocenters. The molecule has 1 saturated heterocycles. The van der Waals surface area contributed by atoms with E-state index < -0.39 is 6.04 Å². The number of nitrogens with one attached hydrogen (secondary N) is 1. The number of anilines is 1. The van der Waals surface area contributed by atoms with Crippen LogP contribution in [0.5, 0.6) is 0 Å². The van der Waals surface area contributed by atoms with E-state index in [0.29, 0.717) is 33.8 Å². The Morgan fingerprint density at radius 3 is 2.86 bits per heavy atom. The number of benzene rings is 1. The molecule has 1 aromatic carbocycles. The summed E-state index contributed by atoms with van der Waals surface area (Å²) in [4.78, 5) is 31.6. The van der Waals surface area contributed by atoms with Gasteiger partial charge in [0.05, 0.1) is 17.0 Å². The third-order valence-electron chi connectivity index (χ3n) is 4.74. The van der Waals surface area contributed by atoms with Gasteiger partial charge in [0.1, 0.15) is 6.04 Å². The Morgan fingerprint density at radius 1 is 1.24 bits per heavy atom. The molecule has 0 saturated carbocycles. The minimum Gasteiger partial charge on any atom is -0.459 e. The summed E-state index contributed by atoms with van der Waals surface area (Å²) in [6, 6.07) is 7.88. The Kier molecular flexibility index (Phi) is 5.89. The summed E-state index contributed by atoms with van der Waals surface area (Å²) in [5.74, 6) is -0.297. The number of thiazole rings is 1. The number of halogens is 2. The molecule has 0 aliphatic carbocycles. The first kappa shape index (κ1) is 19.9. The number of likely N-dealkylation sites (tertiary alicyclic amines) is 1. The zero-order chi connectivity index (χ0) is 20.4. The molecule has 1 aliphatic heterocycles. The van der Waals surface area contributed by atoms with Crippen molar-refractivity contribution in [1.29, 1.82) is 0 Å². The summed E-state index contributed by atoms with van der Waals surface area (Å²) in [5.41, 5.74) is 1.39. The number of rotatable bonds is 4. The van der Waals surface area contributed by atoms with Gasteiger partial charge in [-0.15, -0.1) is 11.3 Å². The van der Waals surface area contributed by atoms with E-state index in [4.69, 9.17) is 27.6 Å². The Labute approximate surface area is 181 Å². The van der Waals surface area contributed by atoms with Gasteiger partial charge in [0.25, 0.3) is 5.91 Å². The van der Waals surface area contributed by atoms with Crippen LogP contribution in [0.15, 0.2) is 46.4 Å². The molecule has 1 aliphatic rings. The third kappa shape index (κ3) is 4.32. The van der Waals surface area contributed by atoms with Gasteiger partial charge >= 0.3 is 0 Å². The van der Waals surface area contributed by atoms with Gasteiger partial charge in [-0.1, -0.05) is 23.2 Å². The van der Waals surface area contributed by atoms with E-state index in [-0.39, 0.29) is 17.6 Å². The van der Waals surface area contributed by atoms with Crippen molar-refractivity contribution in [2.24, 2.45) is 0 Å². The number of carbonyl (C=O) groups is 2. The number of aromatic nitrogens is 1. The van der Waals surface area contributed by atoms with Crippen LogP contribution < -0.4 is 5.32 Å². The van der Waals surface area contributed by atoms with Crippen molar-refractivity contribution in [3.63, 3.8) is 0 Å². The van der Waals surface area contributed by atoms with E-state index >= 15 is 0 Å². The number of furan rings is 1. The second-order valence-electron chi connectivity index (χ2n) is 6.64. The van der Waals surface area contributed by atoms with Gasteiger partial charge in [0, 0.05) is 22.5 Å². The van der Waals surface area contributed by atoms with Crippen LogP contribution >= 0.6 is 34.5 Å². The molecule has 150 valence electrons. The van der Waals surface area contributed by atoms with E-state index in [1.165, 1.54) is 17.6 Å². The maximum absolute atomic E-state index is 12.9. The van der Waals surface area contributed by atoms with Crippen LogP contribution in [0.4, 0.5) is 5.13 Å². The predicted molar refractivity (Wildman–Crippen MR) is 114 cm³/mol. The van der Waals surface area contributed by atoms with E-state index in [1.807, 2.05) is 5.38 Å². The van der Waals surface area contributed by atoms with Crippen molar-refractivity contribution in [3.8, 4) is 11.3 Å². The van der Waals surface area contributed by atoms with Crippen LogP contribution in [-0.2, 0) is 4.79 Å². The average molecular weight is 450 g/mol. The lowest BCUT2D eigenvalue weighted by molar-refractivity contribution is -0.121. The molecule has 3 heterocycles. The molecule has 2 amide bonds. The van der Waals surface area contributed by atoms with Gasteiger partial charge in [0.2, 0.25) is 5.91 Å². The number of nitrogens with zero attached hydrogens (tertiary/aromatic N) is 2. The second-order valence-corrected chi connectivity index (χ2v) is 8.34. The van der Waals surface area contributed by atoms with Crippen molar-refractivity contribution < 1.29 is 14.0 Å². The summed E-state index contributed by atoms with van der Waals surface area (Å²) in [7, 11) is 0. The Bertz CT molecular complexity index is 1040. The van der Waals surface area contributed by atoms with Gasteiger partial charge in [0.15, 0.2) is 10.9 Å². The van der Waals surface area contributed by atoms with Gasteiger partial charge < -0.3 is 14.6 Å². The normalized spacial score (nSPS) is 16.6. The zero-order valence-electron chi connectivity index (χ0n) is 15.2. The first-order valence-electron chi connectivity index (χ1n) is 9.09. The highest BCUT2D eigenvalue weighted by atomic mass is 35.5. The smallest absolute Gasteiger partial charge is 0.290 e. The fraction of sp³-hybridized carbons (Fsp3) is 0.250. The molecule has 4 rings (SSSR count). The largest absolute Gasteiger partial charge is 0.459 e. The molecule has 0 radical (unpaired) electrons. The molecule has 1 unspecified atom stereocenters. The molecule has 6 nitrogen and oxygen atoms in total. The summed E-state index contributed by atoms with van der Waals surface area (Å²) in [5, 5.41) is 6.14. The zero-order valence-corrected chi connectivity index (χ0v) is 17.6. The number of hydrogen-bond donors (Lipinski definition) is 1. The van der Waals surface area contributed by atoms with E-state index in [1.54, 1.807) is 35.2 Å². The lowest BCUT2D eigenvalue weighted by Crippen LogP contribution is -2.49. The highest BCUT2D eigenvalue weighted by Gasteiger charge is 2.34. The minimum absolute atomic E-state index is 0.235.